The molecule has 0 saturated carbocycles. The van der Waals surface area contributed by atoms with Crippen molar-refractivity contribution in [3.63, 3.8) is 0 Å². The molecule has 0 saturated heterocycles. The quantitative estimate of drug-likeness (QED) is 0.721. The number of carbonyl (C=O) groups excluding carboxylic acids is 1. The second kappa shape index (κ2) is 8.83. The van der Waals surface area contributed by atoms with Crippen molar-refractivity contribution in [2.24, 2.45) is 12.1 Å². The van der Waals surface area contributed by atoms with Crippen molar-refractivity contribution in [3.8, 4) is 5.75 Å². The normalized spacial score (nSPS) is 16.5. The van der Waals surface area contributed by atoms with Crippen molar-refractivity contribution in [2.45, 2.75) is 12.5 Å². The van der Waals surface area contributed by atoms with E-state index >= 15 is 0 Å². The summed E-state index contributed by atoms with van der Waals surface area (Å²) in [7, 11) is 5.26. The Hall–Kier alpha value is -2.64. The molecule has 0 aliphatic carbocycles. The molecule has 0 fully saturated rings. The smallest absolute Gasteiger partial charge is 0.257 e. The standard InChI is InChI=1S/C20H26N4O3/c1-23-11-4-5-18(23)17-13-19(15-6-8-16(27-3)9-7-15)24(22-17)20(25)14-21-10-12-26-2/h4-9,11,19,21H,10,12-14H2,1-3H3. The number of aromatic nitrogens is 1. The highest BCUT2D eigenvalue weighted by molar-refractivity contribution is 6.02. The summed E-state index contributed by atoms with van der Waals surface area (Å²) in [5.41, 5.74) is 2.97. The first kappa shape index (κ1) is 19.1. The predicted molar refractivity (Wildman–Crippen MR) is 104 cm³/mol. The van der Waals surface area contributed by atoms with Crippen LogP contribution in [0.15, 0.2) is 47.7 Å². The molecule has 7 heteroatoms. The Morgan fingerprint density at radius 1 is 1.26 bits per heavy atom. The summed E-state index contributed by atoms with van der Waals surface area (Å²) in [5, 5.41) is 9.37. The number of amides is 1. The average molecular weight is 370 g/mol. The van der Waals surface area contributed by atoms with E-state index in [9.17, 15) is 4.79 Å². The van der Waals surface area contributed by atoms with Crippen LogP contribution in [0, 0.1) is 0 Å². The third-order valence-electron chi connectivity index (χ3n) is 4.67. The molecule has 1 aliphatic heterocycles. The SMILES string of the molecule is COCCNCC(=O)N1N=C(c2cccn2C)CC1c1ccc(OC)cc1. The molecule has 1 aliphatic rings. The molecule has 1 aromatic heterocycles. The molecule has 1 aromatic carbocycles. The van der Waals surface area contributed by atoms with Gasteiger partial charge in [-0.25, -0.2) is 5.01 Å². The molecule has 0 bridgehead atoms. The summed E-state index contributed by atoms with van der Waals surface area (Å²) in [6, 6.07) is 11.7. The van der Waals surface area contributed by atoms with Gasteiger partial charge in [-0.2, -0.15) is 5.10 Å². The van der Waals surface area contributed by atoms with Gasteiger partial charge in [-0.3, -0.25) is 4.79 Å². The molecular formula is C20H26N4O3. The zero-order valence-corrected chi connectivity index (χ0v) is 16.0. The van der Waals surface area contributed by atoms with Gasteiger partial charge in [0, 0.05) is 33.3 Å². The van der Waals surface area contributed by atoms with Gasteiger partial charge in [0.25, 0.3) is 5.91 Å². The van der Waals surface area contributed by atoms with Gasteiger partial charge in [0.05, 0.1) is 37.7 Å². The van der Waals surface area contributed by atoms with Gasteiger partial charge >= 0.3 is 0 Å². The van der Waals surface area contributed by atoms with Gasteiger partial charge in [0.1, 0.15) is 5.75 Å². The minimum Gasteiger partial charge on any atom is -0.497 e. The van der Waals surface area contributed by atoms with Crippen LogP contribution in [0.4, 0.5) is 0 Å². The van der Waals surface area contributed by atoms with E-state index in [1.807, 2.05) is 54.2 Å². The fourth-order valence-corrected chi connectivity index (χ4v) is 3.19. The maximum atomic E-state index is 12.8. The van der Waals surface area contributed by atoms with Gasteiger partial charge < -0.3 is 19.4 Å². The fourth-order valence-electron chi connectivity index (χ4n) is 3.19. The van der Waals surface area contributed by atoms with Crippen molar-refractivity contribution in [2.75, 3.05) is 33.9 Å². The third kappa shape index (κ3) is 4.37. The lowest BCUT2D eigenvalue weighted by Crippen LogP contribution is -2.36. The van der Waals surface area contributed by atoms with E-state index in [2.05, 4.69) is 10.4 Å². The molecule has 2 aromatic rings. The summed E-state index contributed by atoms with van der Waals surface area (Å²) in [6.45, 7) is 1.41. The molecule has 0 radical (unpaired) electrons. The highest BCUT2D eigenvalue weighted by Crippen LogP contribution is 2.33. The number of aryl methyl sites for hydroxylation is 1. The van der Waals surface area contributed by atoms with Gasteiger partial charge in [0.15, 0.2) is 0 Å². The first-order valence-electron chi connectivity index (χ1n) is 8.99. The number of nitrogens with zero attached hydrogens (tertiary/aromatic N) is 3. The zero-order chi connectivity index (χ0) is 19.2. The fraction of sp³-hybridized carbons (Fsp3) is 0.400. The van der Waals surface area contributed by atoms with Gasteiger partial charge in [-0.05, 0) is 29.8 Å². The van der Waals surface area contributed by atoms with Crippen LogP contribution in [0.1, 0.15) is 23.7 Å². The van der Waals surface area contributed by atoms with Gasteiger partial charge in [-0.15, -0.1) is 0 Å². The molecular weight excluding hydrogens is 344 g/mol. The van der Waals surface area contributed by atoms with Crippen molar-refractivity contribution >= 4 is 11.6 Å². The third-order valence-corrected chi connectivity index (χ3v) is 4.67. The Morgan fingerprint density at radius 3 is 2.67 bits per heavy atom. The van der Waals surface area contributed by atoms with E-state index in [0.29, 0.717) is 19.6 Å². The van der Waals surface area contributed by atoms with Crippen LogP contribution in [0.2, 0.25) is 0 Å². The van der Waals surface area contributed by atoms with Crippen molar-refractivity contribution in [1.29, 1.82) is 0 Å². The maximum absolute atomic E-state index is 12.8. The number of rotatable bonds is 8. The first-order valence-corrected chi connectivity index (χ1v) is 8.99. The molecule has 1 unspecified atom stereocenters. The molecule has 1 atom stereocenters. The second-order valence-electron chi connectivity index (χ2n) is 6.45. The lowest BCUT2D eigenvalue weighted by molar-refractivity contribution is -0.132. The Labute approximate surface area is 159 Å². The van der Waals surface area contributed by atoms with E-state index in [1.165, 1.54) is 0 Å². The van der Waals surface area contributed by atoms with E-state index in [4.69, 9.17) is 9.47 Å². The Bertz CT molecular complexity index is 798. The molecule has 144 valence electrons. The lowest BCUT2D eigenvalue weighted by atomic mass is 10.0. The summed E-state index contributed by atoms with van der Waals surface area (Å²) in [6.07, 6.45) is 2.66. The van der Waals surface area contributed by atoms with E-state index in [-0.39, 0.29) is 18.5 Å². The Balaban J connectivity index is 1.81. The highest BCUT2D eigenvalue weighted by Gasteiger charge is 2.33. The number of hydrazone groups is 1. The van der Waals surface area contributed by atoms with E-state index in [1.54, 1.807) is 19.2 Å². The number of methoxy groups -OCH3 is 2. The van der Waals surface area contributed by atoms with Crippen molar-refractivity contribution in [1.82, 2.24) is 14.9 Å². The number of carbonyl (C=O) groups is 1. The molecule has 1 amide bonds. The van der Waals surface area contributed by atoms with Crippen LogP contribution in [0.5, 0.6) is 5.75 Å². The summed E-state index contributed by atoms with van der Waals surface area (Å²) >= 11 is 0. The molecule has 2 heterocycles. The van der Waals surface area contributed by atoms with Gasteiger partial charge in [-0.1, -0.05) is 12.1 Å². The van der Waals surface area contributed by atoms with E-state index < -0.39 is 0 Å². The minimum atomic E-state index is -0.127. The molecule has 27 heavy (non-hydrogen) atoms. The number of ether oxygens (including phenoxy) is 2. The number of nitrogens with one attached hydrogen (secondary N) is 1. The van der Waals surface area contributed by atoms with Crippen LogP contribution in [-0.2, 0) is 16.6 Å². The van der Waals surface area contributed by atoms with Crippen LogP contribution in [-0.4, -0.2) is 55.1 Å². The van der Waals surface area contributed by atoms with Crippen LogP contribution in [0.25, 0.3) is 0 Å². The summed E-state index contributed by atoms with van der Waals surface area (Å²) in [5.74, 6) is 0.732. The monoisotopic (exact) mass is 370 g/mol. The molecule has 1 N–H and O–H groups in total. The molecule has 7 nitrogen and oxygen atoms in total. The van der Waals surface area contributed by atoms with Crippen molar-refractivity contribution in [3.05, 3.63) is 53.9 Å². The van der Waals surface area contributed by atoms with E-state index in [0.717, 1.165) is 22.7 Å². The van der Waals surface area contributed by atoms with Gasteiger partial charge in [0.2, 0.25) is 0 Å². The lowest BCUT2D eigenvalue weighted by Gasteiger charge is -2.22. The van der Waals surface area contributed by atoms with Crippen LogP contribution < -0.4 is 10.1 Å². The topological polar surface area (TPSA) is 68.1 Å². The average Bonchev–Trinajstić information content (AvgIpc) is 3.31. The number of hydrogen-bond donors (Lipinski definition) is 1. The Kier molecular flexibility index (Phi) is 6.26. The molecule has 3 rings (SSSR count). The summed E-state index contributed by atoms with van der Waals surface area (Å²) in [4.78, 5) is 12.8. The number of benzene rings is 1. The summed E-state index contributed by atoms with van der Waals surface area (Å²) < 4.78 is 12.3. The first-order chi connectivity index (χ1) is 13.1. The Morgan fingerprint density at radius 2 is 2.04 bits per heavy atom. The van der Waals surface area contributed by atoms with Crippen LogP contribution >= 0.6 is 0 Å². The zero-order valence-electron chi connectivity index (χ0n) is 16.0. The number of hydrogen-bond acceptors (Lipinski definition) is 5. The molecule has 0 spiro atoms. The highest BCUT2D eigenvalue weighted by atomic mass is 16.5. The predicted octanol–water partition coefficient (Wildman–Crippen LogP) is 1.95. The minimum absolute atomic E-state index is 0.0591. The maximum Gasteiger partial charge on any atom is 0.257 e. The second-order valence-corrected chi connectivity index (χ2v) is 6.45. The largest absolute Gasteiger partial charge is 0.497 e. The van der Waals surface area contributed by atoms with Crippen LogP contribution in [0.3, 0.4) is 0 Å². The van der Waals surface area contributed by atoms with Crippen molar-refractivity contribution < 1.29 is 14.3 Å².